The van der Waals surface area contributed by atoms with Crippen molar-refractivity contribution in [3.8, 4) is 22.6 Å². The van der Waals surface area contributed by atoms with Gasteiger partial charge in [-0.25, -0.2) is 4.39 Å². The van der Waals surface area contributed by atoms with Crippen molar-refractivity contribution in [2.75, 3.05) is 20.8 Å². The number of hydrogen-bond acceptors (Lipinski definition) is 3. The van der Waals surface area contributed by atoms with Gasteiger partial charge in [-0.1, -0.05) is 13.0 Å². The summed E-state index contributed by atoms with van der Waals surface area (Å²) in [5, 5.41) is 3.26. The van der Waals surface area contributed by atoms with Crippen LogP contribution in [0.4, 0.5) is 4.39 Å². The first-order chi connectivity index (χ1) is 10.2. The van der Waals surface area contributed by atoms with Crippen molar-refractivity contribution >= 4 is 0 Å². The minimum atomic E-state index is -0.297. The third-order valence-electron chi connectivity index (χ3n) is 3.33. The molecule has 0 radical (unpaired) electrons. The first-order valence-electron chi connectivity index (χ1n) is 6.91. The lowest BCUT2D eigenvalue weighted by molar-refractivity contribution is 0.408. The third kappa shape index (κ3) is 3.52. The summed E-state index contributed by atoms with van der Waals surface area (Å²) in [5.41, 5.74) is 2.38. The van der Waals surface area contributed by atoms with E-state index < -0.39 is 0 Å². The van der Waals surface area contributed by atoms with E-state index in [1.165, 1.54) is 13.2 Å². The molecule has 0 saturated heterocycles. The molecule has 21 heavy (non-hydrogen) atoms. The molecule has 0 bridgehead atoms. The monoisotopic (exact) mass is 289 g/mol. The van der Waals surface area contributed by atoms with E-state index in [1.807, 2.05) is 25.1 Å². The van der Waals surface area contributed by atoms with E-state index in [-0.39, 0.29) is 5.82 Å². The van der Waals surface area contributed by atoms with E-state index in [0.29, 0.717) is 17.9 Å². The number of ether oxygens (including phenoxy) is 2. The second-order valence-electron chi connectivity index (χ2n) is 4.65. The SMILES string of the molecule is CCNCc1cc(-c2ccc(OC)cc2F)ccc1OC. The summed E-state index contributed by atoms with van der Waals surface area (Å²) in [7, 11) is 3.16. The number of methoxy groups -OCH3 is 2. The van der Waals surface area contributed by atoms with Crippen molar-refractivity contribution < 1.29 is 13.9 Å². The van der Waals surface area contributed by atoms with Crippen LogP contribution >= 0.6 is 0 Å². The fraction of sp³-hybridized carbons (Fsp3) is 0.294. The highest BCUT2D eigenvalue weighted by molar-refractivity contribution is 5.67. The molecule has 0 aliphatic heterocycles. The van der Waals surface area contributed by atoms with E-state index in [9.17, 15) is 4.39 Å². The first kappa shape index (κ1) is 15.3. The van der Waals surface area contributed by atoms with Gasteiger partial charge in [0.25, 0.3) is 0 Å². The van der Waals surface area contributed by atoms with Crippen molar-refractivity contribution in [2.45, 2.75) is 13.5 Å². The first-order valence-corrected chi connectivity index (χ1v) is 6.91. The summed E-state index contributed by atoms with van der Waals surface area (Å²) in [4.78, 5) is 0. The lowest BCUT2D eigenvalue weighted by atomic mass is 10.0. The molecule has 0 amide bonds. The van der Waals surface area contributed by atoms with Gasteiger partial charge >= 0.3 is 0 Å². The van der Waals surface area contributed by atoms with E-state index in [0.717, 1.165) is 23.4 Å². The van der Waals surface area contributed by atoms with Gasteiger partial charge in [0.1, 0.15) is 17.3 Å². The zero-order valence-electron chi connectivity index (χ0n) is 12.6. The second-order valence-corrected chi connectivity index (χ2v) is 4.65. The summed E-state index contributed by atoms with van der Waals surface area (Å²) < 4.78 is 24.5. The molecular formula is C17H20FNO2. The van der Waals surface area contributed by atoms with Gasteiger partial charge in [-0.2, -0.15) is 0 Å². The molecular weight excluding hydrogens is 269 g/mol. The Hall–Kier alpha value is -2.07. The molecule has 2 rings (SSSR count). The quantitative estimate of drug-likeness (QED) is 0.881. The van der Waals surface area contributed by atoms with Gasteiger partial charge in [0.05, 0.1) is 14.2 Å². The lowest BCUT2D eigenvalue weighted by Crippen LogP contribution is -2.12. The average molecular weight is 289 g/mol. The Labute approximate surface area is 124 Å². The van der Waals surface area contributed by atoms with Crippen molar-refractivity contribution in [1.82, 2.24) is 5.32 Å². The molecule has 3 nitrogen and oxygen atoms in total. The largest absolute Gasteiger partial charge is 0.497 e. The molecule has 4 heteroatoms. The van der Waals surface area contributed by atoms with Gasteiger partial charge in [0.15, 0.2) is 0 Å². The van der Waals surface area contributed by atoms with Crippen LogP contribution in [-0.2, 0) is 6.54 Å². The predicted molar refractivity (Wildman–Crippen MR) is 82.3 cm³/mol. The Kier molecular flexibility index (Phi) is 5.17. The number of halogens is 1. The van der Waals surface area contributed by atoms with Crippen LogP contribution in [-0.4, -0.2) is 20.8 Å². The minimum Gasteiger partial charge on any atom is -0.497 e. The van der Waals surface area contributed by atoms with Gasteiger partial charge in [-0.05, 0) is 36.4 Å². The van der Waals surface area contributed by atoms with Gasteiger partial charge < -0.3 is 14.8 Å². The van der Waals surface area contributed by atoms with Crippen molar-refractivity contribution in [3.63, 3.8) is 0 Å². The van der Waals surface area contributed by atoms with E-state index >= 15 is 0 Å². The van der Waals surface area contributed by atoms with Gasteiger partial charge in [-0.15, -0.1) is 0 Å². The zero-order chi connectivity index (χ0) is 15.2. The highest BCUT2D eigenvalue weighted by atomic mass is 19.1. The Morgan fingerprint density at radius 1 is 1.05 bits per heavy atom. The maximum absolute atomic E-state index is 14.2. The molecule has 0 aromatic heterocycles. The van der Waals surface area contributed by atoms with Crippen LogP contribution < -0.4 is 14.8 Å². The minimum absolute atomic E-state index is 0.297. The Morgan fingerprint density at radius 2 is 1.86 bits per heavy atom. The van der Waals surface area contributed by atoms with Crippen LogP contribution in [0.25, 0.3) is 11.1 Å². The Morgan fingerprint density at radius 3 is 2.48 bits per heavy atom. The molecule has 0 atom stereocenters. The summed E-state index contributed by atoms with van der Waals surface area (Å²) in [6.07, 6.45) is 0. The molecule has 0 fully saturated rings. The normalized spacial score (nSPS) is 10.5. The van der Waals surface area contributed by atoms with Gasteiger partial charge in [0.2, 0.25) is 0 Å². The second kappa shape index (κ2) is 7.09. The van der Waals surface area contributed by atoms with Crippen molar-refractivity contribution in [2.24, 2.45) is 0 Å². The molecule has 0 unspecified atom stereocenters. The number of hydrogen-bond donors (Lipinski definition) is 1. The van der Waals surface area contributed by atoms with Crippen LogP contribution in [0.2, 0.25) is 0 Å². The highest BCUT2D eigenvalue weighted by Crippen LogP contribution is 2.30. The number of benzene rings is 2. The van der Waals surface area contributed by atoms with Crippen LogP contribution in [0, 0.1) is 5.82 Å². The standard InChI is InChI=1S/C17H20FNO2/c1-4-19-11-13-9-12(5-8-17(13)21-3)15-7-6-14(20-2)10-16(15)18/h5-10,19H,4,11H2,1-3H3. The molecule has 0 heterocycles. The van der Waals surface area contributed by atoms with Crippen molar-refractivity contribution in [1.29, 1.82) is 0 Å². The molecule has 1 N–H and O–H groups in total. The Bertz CT molecular complexity index is 614. The Balaban J connectivity index is 2.39. The van der Waals surface area contributed by atoms with Gasteiger partial charge in [0, 0.05) is 23.7 Å². The maximum atomic E-state index is 14.2. The summed E-state index contributed by atoms with van der Waals surface area (Å²) in [6, 6.07) is 10.6. The fourth-order valence-corrected chi connectivity index (χ4v) is 2.20. The van der Waals surface area contributed by atoms with Crippen molar-refractivity contribution in [3.05, 3.63) is 47.8 Å². The molecule has 0 aliphatic carbocycles. The molecule has 2 aromatic carbocycles. The van der Waals surface area contributed by atoms with Crippen LogP contribution in [0.1, 0.15) is 12.5 Å². The summed E-state index contributed by atoms with van der Waals surface area (Å²) in [6.45, 7) is 3.59. The molecule has 0 saturated carbocycles. The van der Waals surface area contributed by atoms with E-state index in [4.69, 9.17) is 9.47 Å². The topological polar surface area (TPSA) is 30.5 Å². The number of rotatable bonds is 6. The summed E-state index contributed by atoms with van der Waals surface area (Å²) >= 11 is 0. The zero-order valence-corrected chi connectivity index (χ0v) is 12.6. The molecule has 2 aromatic rings. The maximum Gasteiger partial charge on any atom is 0.134 e. The van der Waals surface area contributed by atoms with Gasteiger partial charge in [-0.3, -0.25) is 0 Å². The van der Waals surface area contributed by atoms with Crippen LogP contribution in [0.5, 0.6) is 11.5 Å². The third-order valence-corrected chi connectivity index (χ3v) is 3.33. The van der Waals surface area contributed by atoms with E-state index in [2.05, 4.69) is 5.32 Å². The predicted octanol–water partition coefficient (Wildman–Crippen LogP) is 3.62. The smallest absolute Gasteiger partial charge is 0.134 e. The molecule has 0 spiro atoms. The summed E-state index contributed by atoms with van der Waals surface area (Å²) in [5.74, 6) is 1.01. The molecule has 0 aliphatic rings. The van der Waals surface area contributed by atoms with E-state index in [1.54, 1.807) is 19.2 Å². The number of nitrogens with one attached hydrogen (secondary N) is 1. The molecule has 112 valence electrons. The highest BCUT2D eigenvalue weighted by Gasteiger charge is 2.10. The fourth-order valence-electron chi connectivity index (χ4n) is 2.20. The average Bonchev–Trinajstić information content (AvgIpc) is 2.52. The lowest BCUT2D eigenvalue weighted by Gasteiger charge is -2.12. The van der Waals surface area contributed by atoms with Crippen LogP contribution in [0.3, 0.4) is 0 Å². The van der Waals surface area contributed by atoms with Crippen LogP contribution in [0.15, 0.2) is 36.4 Å².